The zero-order valence-corrected chi connectivity index (χ0v) is 7.79. The van der Waals surface area contributed by atoms with Gasteiger partial charge >= 0.3 is 0 Å². The molecule has 3 nitrogen and oxygen atoms in total. The van der Waals surface area contributed by atoms with E-state index in [1.54, 1.807) is 6.07 Å². The fraction of sp³-hybridized carbons (Fsp3) is 0.222. The van der Waals surface area contributed by atoms with Crippen LogP contribution in [0.25, 0.3) is 0 Å². The molecular weight excluding hydrogens is 188 g/mol. The predicted molar refractivity (Wildman–Crippen MR) is 52.1 cm³/mol. The molecule has 0 spiro atoms. The van der Waals surface area contributed by atoms with Crippen molar-refractivity contribution < 1.29 is 15.0 Å². The van der Waals surface area contributed by atoms with Gasteiger partial charge in [-0.15, -0.1) is 12.6 Å². The molecule has 13 heavy (non-hydrogen) atoms. The normalized spacial score (nSPS) is 9.92. The standard InChI is InChI=1S/C9H10O3S/c10-7-3-1-6(5-8(7)11)2-4-9(12)13/h1,3,5,10-11H,2,4H2,(H,12,13). The third-order valence-corrected chi connectivity index (χ3v) is 1.89. The number of carbonyl (C=O) groups is 1. The first-order chi connectivity index (χ1) is 6.09. The molecule has 70 valence electrons. The van der Waals surface area contributed by atoms with Gasteiger partial charge in [0, 0.05) is 6.42 Å². The van der Waals surface area contributed by atoms with Crippen molar-refractivity contribution >= 4 is 17.7 Å². The summed E-state index contributed by atoms with van der Waals surface area (Å²) >= 11 is 3.62. The number of carbonyl (C=O) groups excluding carboxylic acids is 1. The van der Waals surface area contributed by atoms with Crippen molar-refractivity contribution in [2.24, 2.45) is 0 Å². The van der Waals surface area contributed by atoms with Crippen molar-refractivity contribution in [2.45, 2.75) is 12.8 Å². The Bertz CT molecular complexity index is 323. The summed E-state index contributed by atoms with van der Waals surface area (Å²) in [4.78, 5) is 10.5. The minimum Gasteiger partial charge on any atom is -0.504 e. The van der Waals surface area contributed by atoms with Crippen LogP contribution in [0.4, 0.5) is 0 Å². The molecule has 0 saturated carbocycles. The Hall–Kier alpha value is -1.16. The lowest BCUT2D eigenvalue weighted by atomic mass is 10.1. The van der Waals surface area contributed by atoms with Crippen molar-refractivity contribution in [3.8, 4) is 11.5 Å². The quantitative estimate of drug-likeness (QED) is 0.509. The Morgan fingerprint density at radius 3 is 2.54 bits per heavy atom. The van der Waals surface area contributed by atoms with E-state index >= 15 is 0 Å². The highest BCUT2D eigenvalue weighted by Crippen LogP contribution is 2.25. The van der Waals surface area contributed by atoms with Crippen molar-refractivity contribution in [2.75, 3.05) is 0 Å². The Morgan fingerprint density at radius 1 is 1.31 bits per heavy atom. The molecule has 0 aliphatic heterocycles. The molecule has 4 heteroatoms. The topological polar surface area (TPSA) is 57.5 Å². The molecule has 1 aromatic rings. The number of thiol groups is 1. The summed E-state index contributed by atoms with van der Waals surface area (Å²) in [5.74, 6) is -0.315. The molecule has 0 heterocycles. The van der Waals surface area contributed by atoms with Gasteiger partial charge in [0.05, 0.1) is 0 Å². The maximum absolute atomic E-state index is 10.5. The molecule has 0 radical (unpaired) electrons. The van der Waals surface area contributed by atoms with Gasteiger partial charge in [0.25, 0.3) is 0 Å². The van der Waals surface area contributed by atoms with Crippen molar-refractivity contribution in [1.29, 1.82) is 0 Å². The average molecular weight is 198 g/mol. The summed E-state index contributed by atoms with van der Waals surface area (Å²) in [6, 6.07) is 4.49. The van der Waals surface area contributed by atoms with Gasteiger partial charge in [-0.2, -0.15) is 0 Å². The summed E-state index contributed by atoms with van der Waals surface area (Å²) in [6.45, 7) is 0. The van der Waals surface area contributed by atoms with Crippen molar-refractivity contribution in [3.63, 3.8) is 0 Å². The van der Waals surface area contributed by atoms with Crippen LogP contribution in [0.1, 0.15) is 12.0 Å². The molecule has 0 aliphatic rings. The fourth-order valence-corrected chi connectivity index (χ4v) is 1.09. The van der Waals surface area contributed by atoms with E-state index in [9.17, 15) is 4.79 Å². The third kappa shape index (κ3) is 2.99. The zero-order valence-electron chi connectivity index (χ0n) is 6.90. The molecule has 0 unspecified atom stereocenters. The number of hydrogen-bond donors (Lipinski definition) is 3. The van der Waals surface area contributed by atoms with Crippen LogP contribution >= 0.6 is 12.6 Å². The van der Waals surface area contributed by atoms with Crippen LogP contribution in [-0.2, 0) is 11.2 Å². The van der Waals surface area contributed by atoms with Gasteiger partial charge in [0.2, 0.25) is 0 Å². The minimum atomic E-state index is -0.187. The first kappa shape index (κ1) is 9.92. The Morgan fingerprint density at radius 2 is 2.00 bits per heavy atom. The van der Waals surface area contributed by atoms with Crippen LogP contribution in [0.3, 0.4) is 0 Å². The number of rotatable bonds is 3. The van der Waals surface area contributed by atoms with E-state index in [2.05, 4.69) is 12.6 Å². The first-order valence-corrected chi connectivity index (χ1v) is 4.27. The van der Waals surface area contributed by atoms with Crippen LogP contribution in [0.2, 0.25) is 0 Å². The number of phenols is 2. The molecule has 0 bridgehead atoms. The van der Waals surface area contributed by atoms with E-state index in [-0.39, 0.29) is 16.6 Å². The van der Waals surface area contributed by atoms with E-state index in [4.69, 9.17) is 10.2 Å². The maximum atomic E-state index is 10.5. The lowest BCUT2D eigenvalue weighted by Crippen LogP contribution is -1.91. The SMILES string of the molecule is O=C(S)CCc1ccc(O)c(O)c1. The van der Waals surface area contributed by atoms with E-state index < -0.39 is 0 Å². The van der Waals surface area contributed by atoms with Gasteiger partial charge in [-0.05, 0) is 24.1 Å². The van der Waals surface area contributed by atoms with Gasteiger partial charge in [0.1, 0.15) is 0 Å². The van der Waals surface area contributed by atoms with Gasteiger partial charge in [0.15, 0.2) is 16.6 Å². The molecular formula is C9H10O3S. The highest BCUT2D eigenvalue weighted by atomic mass is 32.1. The van der Waals surface area contributed by atoms with Crippen LogP contribution in [0, 0.1) is 0 Å². The van der Waals surface area contributed by atoms with Crippen LogP contribution < -0.4 is 0 Å². The van der Waals surface area contributed by atoms with Gasteiger partial charge in [-0.25, -0.2) is 0 Å². The van der Waals surface area contributed by atoms with Gasteiger partial charge < -0.3 is 10.2 Å². The summed E-state index contributed by atoms with van der Waals surface area (Å²) in [5.41, 5.74) is 0.803. The van der Waals surface area contributed by atoms with Crippen LogP contribution in [0.15, 0.2) is 18.2 Å². The highest BCUT2D eigenvalue weighted by molar-refractivity contribution is 7.96. The molecule has 2 N–H and O–H groups in total. The number of phenolic OH excluding ortho intramolecular Hbond substituents is 2. The zero-order chi connectivity index (χ0) is 9.84. The number of aromatic hydroxyl groups is 2. The van der Waals surface area contributed by atoms with Gasteiger partial charge in [-0.1, -0.05) is 6.07 Å². The third-order valence-electron chi connectivity index (χ3n) is 1.67. The predicted octanol–water partition coefficient (Wildman–Crippen LogP) is 1.49. The van der Waals surface area contributed by atoms with Crippen molar-refractivity contribution in [3.05, 3.63) is 23.8 Å². The van der Waals surface area contributed by atoms with Crippen LogP contribution in [0.5, 0.6) is 11.5 Å². The fourth-order valence-electron chi connectivity index (χ4n) is 0.976. The van der Waals surface area contributed by atoms with E-state index in [0.29, 0.717) is 12.8 Å². The van der Waals surface area contributed by atoms with E-state index in [1.807, 2.05) is 0 Å². The van der Waals surface area contributed by atoms with Crippen molar-refractivity contribution in [1.82, 2.24) is 0 Å². The molecule has 0 aromatic heterocycles. The lowest BCUT2D eigenvalue weighted by Gasteiger charge is -2.01. The Balaban J connectivity index is 2.68. The smallest absolute Gasteiger partial charge is 0.186 e. The Labute approximate surface area is 81.4 Å². The molecule has 0 aliphatic carbocycles. The number of aryl methyl sites for hydroxylation is 1. The monoisotopic (exact) mass is 198 g/mol. The van der Waals surface area contributed by atoms with Gasteiger partial charge in [-0.3, -0.25) is 4.79 Å². The maximum Gasteiger partial charge on any atom is 0.186 e. The lowest BCUT2D eigenvalue weighted by molar-refractivity contribution is -0.110. The summed E-state index contributed by atoms with van der Waals surface area (Å²) in [5, 5.41) is 17.9. The number of hydrogen-bond acceptors (Lipinski definition) is 3. The van der Waals surface area contributed by atoms with Crippen LogP contribution in [-0.4, -0.2) is 15.3 Å². The second kappa shape index (κ2) is 4.18. The molecule has 0 amide bonds. The second-order valence-corrected chi connectivity index (χ2v) is 3.22. The molecule has 0 fully saturated rings. The van der Waals surface area contributed by atoms with E-state index in [0.717, 1.165) is 5.56 Å². The molecule has 0 saturated heterocycles. The first-order valence-electron chi connectivity index (χ1n) is 3.82. The Kier molecular flexibility index (Phi) is 3.19. The average Bonchev–Trinajstić information content (AvgIpc) is 2.07. The molecule has 1 aromatic carbocycles. The molecule has 0 atom stereocenters. The van der Waals surface area contributed by atoms with E-state index in [1.165, 1.54) is 12.1 Å². The highest BCUT2D eigenvalue weighted by Gasteiger charge is 2.01. The second-order valence-electron chi connectivity index (χ2n) is 2.72. The number of benzene rings is 1. The largest absolute Gasteiger partial charge is 0.504 e. The summed E-state index contributed by atoms with van der Waals surface area (Å²) in [7, 11) is 0. The summed E-state index contributed by atoms with van der Waals surface area (Å²) in [6.07, 6.45) is 0.851. The molecule has 1 rings (SSSR count). The summed E-state index contributed by atoms with van der Waals surface area (Å²) < 4.78 is 0. The minimum absolute atomic E-state index is 0.152.